The quantitative estimate of drug-likeness (QED) is 0.763. The molecule has 6 nitrogen and oxygen atoms in total. The lowest BCUT2D eigenvalue weighted by atomic mass is 10.2. The van der Waals surface area contributed by atoms with Crippen molar-refractivity contribution in [3.05, 3.63) is 29.8 Å². The maximum absolute atomic E-state index is 11.7. The first-order chi connectivity index (χ1) is 8.54. The first-order valence-electron chi connectivity index (χ1n) is 5.50. The Hall–Kier alpha value is -2.37. The molecule has 0 atom stereocenters. The lowest BCUT2D eigenvalue weighted by Crippen LogP contribution is -2.35. The Labute approximate surface area is 104 Å². The van der Waals surface area contributed by atoms with Gasteiger partial charge in [-0.2, -0.15) is 0 Å². The third kappa shape index (κ3) is 2.85. The zero-order chi connectivity index (χ0) is 13.1. The van der Waals surface area contributed by atoms with Crippen LogP contribution in [0.4, 0.5) is 10.5 Å². The summed E-state index contributed by atoms with van der Waals surface area (Å²) in [6, 6.07) is 6.81. The third-order valence-corrected chi connectivity index (χ3v) is 2.50. The first kappa shape index (κ1) is 12.1. The fourth-order valence-corrected chi connectivity index (χ4v) is 1.71. The molecule has 6 heteroatoms. The van der Waals surface area contributed by atoms with Gasteiger partial charge in [0.15, 0.2) is 0 Å². The Morgan fingerprint density at radius 2 is 2.22 bits per heavy atom. The molecule has 0 spiro atoms. The van der Waals surface area contributed by atoms with Gasteiger partial charge in [0.05, 0.1) is 0 Å². The largest absolute Gasteiger partial charge is 0.325 e. The van der Waals surface area contributed by atoms with Crippen molar-refractivity contribution in [3.8, 4) is 0 Å². The minimum Gasteiger partial charge on any atom is -0.325 e. The molecule has 2 rings (SSSR count). The molecule has 1 saturated heterocycles. The van der Waals surface area contributed by atoms with E-state index < -0.39 is 6.03 Å². The molecule has 0 aromatic heterocycles. The van der Waals surface area contributed by atoms with Crippen LogP contribution in [0.3, 0.4) is 0 Å². The zero-order valence-electron chi connectivity index (χ0n) is 9.90. The van der Waals surface area contributed by atoms with Crippen LogP contribution >= 0.6 is 0 Å². The highest BCUT2D eigenvalue weighted by atomic mass is 16.2. The summed E-state index contributed by atoms with van der Waals surface area (Å²) in [7, 11) is 0. The summed E-state index contributed by atoms with van der Waals surface area (Å²) in [5.74, 6) is -0.714. The summed E-state index contributed by atoms with van der Waals surface area (Å²) in [5.41, 5.74) is 1.70. The molecule has 18 heavy (non-hydrogen) atoms. The van der Waals surface area contributed by atoms with Crippen LogP contribution in [-0.2, 0) is 9.59 Å². The average Bonchev–Trinajstić information content (AvgIpc) is 2.57. The van der Waals surface area contributed by atoms with E-state index in [9.17, 15) is 14.4 Å². The van der Waals surface area contributed by atoms with Crippen LogP contribution in [-0.4, -0.2) is 35.8 Å². The van der Waals surface area contributed by atoms with Gasteiger partial charge in [-0.1, -0.05) is 12.1 Å². The van der Waals surface area contributed by atoms with Crippen LogP contribution < -0.4 is 10.6 Å². The second-order valence-electron chi connectivity index (χ2n) is 4.13. The number of nitrogens with one attached hydrogen (secondary N) is 2. The summed E-state index contributed by atoms with van der Waals surface area (Å²) >= 11 is 0. The van der Waals surface area contributed by atoms with Crippen molar-refractivity contribution in [2.75, 3.05) is 18.4 Å². The molecule has 1 aromatic rings. The Morgan fingerprint density at radius 3 is 2.83 bits per heavy atom. The highest BCUT2D eigenvalue weighted by Gasteiger charge is 2.28. The average molecular weight is 247 g/mol. The van der Waals surface area contributed by atoms with E-state index in [0.717, 1.165) is 10.5 Å². The fourth-order valence-electron chi connectivity index (χ4n) is 1.71. The monoisotopic (exact) mass is 247 g/mol. The summed E-state index contributed by atoms with van der Waals surface area (Å²) in [6.45, 7) is 1.72. The highest BCUT2D eigenvalue weighted by Crippen LogP contribution is 2.09. The lowest BCUT2D eigenvalue weighted by molar-refractivity contribution is -0.119. The Kier molecular flexibility index (Phi) is 3.27. The zero-order valence-corrected chi connectivity index (χ0v) is 9.90. The number of carbonyl (C=O) groups excluding carboxylic acids is 3. The minimum absolute atomic E-state index is 0.0694. The second kappa shape index (κ2) is 4.87. The van der Waals surface area contributed by atoms with Gasteiger partial charge in [-0.25, -0.2) is 4.79 Å². The van der Waals surface area contributed by atoms with Crippen LogP contribution in [0.2, 0.25) is 0 Å². The van der Waals surface area contributed by atoms with Gasteiger partial charge < -0.3 is 10.2 Å². The predicted molar refractivity (Wildman–Crippen MR) is 64.9 cm³/mol. The molecule has 1 heterocycles. The standard InChI is InChI=1S/C12H13N3O3/c1-8-3-2-4-9(5-8)13-10(16)6-15-7-11(17)14-12(15)18/h2-5H,6-7H2,1H3,(H,13,16)(H,14,17,18). The van der Waals surface area contributed by atoms with Gasteiger partial charge >= 0.3 is 6.03 Å². The number of amides is 4. The predicted octanol–water partition coefficient (Wildman–Crippen LogP) is 0.485. The van der Waals surface area contributed by atoms with Gasteiger partial charge in [0, 0.05) is 5.69 Å². The molecule has 1 fully saturated rings. The maximum atomic E-state index is 11.7. The number of anilines is 1. The number of carbonyl (C=O) groups is 3. The van der Waals surface area contributed by atoms with Gasteiger partial charge in [-0.15, -0.1) is 0 Å². The molecule has 94 valence electrons. The smallest absolute Gasteiger partial charge is 0.325 e. The molecule has 4 amide bonds. The number of benzene rings is 1. The van der Waals surface area contributed by atoms with Crippen molar-refractivity contribution in [2.45, 2.75) is 6.92 Å². The molecule has 0 unspecified atom stereocenters. The number of aryl methyl sites for hydroxylation is 1. The SMILES string of the molecule is Cc1cccc(NC(=O)CN2CC(=O)NC2=O)c1. The van der Waals surface area contributed by atoms with Crippen LogP contribution in [0.5, 0.6) is 0 Å². The Morgan fingerprint density at radius 1 is 1.44 bits per heavy atom. The first-order valence-corrected chi connectivity index (χ1v) is 5.50. The van der Waals surface area contributed by atoms with E-state index in [-0.39, 0.29) is 24.9 Å². The number of hydrogen-bond acceptors (Lipinski definition) is 3. The maximum Gasteiger partial charge on any atom is 0.325 e. The molecule has 1 aromatic carbocycles. The summed E-state index contributed by atoms with van der Waals surface area (Å²) in [5, 5.41) is 4.79. The molecule has 1 aliphatic heterocycles. The Bertz CT molecular complexity index is 513. The molecular formula is C12H13N3O3. The van der Waals surface area contributed by atoms with Crippen molar-refractivity contribution in [3.63, 3.8) is 0 Å². The van der Waals surface area contributed by atoms with Crippen LogP contribution in [0.15, 0.2) is 24.3 Å². The van der Waals surface area contributed by atoms with E-state index in [0.29, 0.717) is 5.69 Å². The number of nitrogens with zero attached hydrogens (tertiary/aromatic N) is 1. The Balaban J connectivity index is 1.93. The van der Waals surface area contributed by atoms with Gasteiger partial charge in [0.25, 0.3) is 0 Å². The summed E-state index contributed by atoms with van der Waals surface area (Å²) in [6.07, 6.45) is 0. The molecule has 0 radical (unpaired) electrons. The van der Waals surface area contributed by atoms with Crippen molar-refractivity contribution in [1.29, 1.82) is 0 Å². The van der Waals surface area contributed by atoms with Crippen molar-refractivity contribution >= 4 is 23.5 Å². The van der Waals surface area contributed by atoms with Crippen LogP contribution in [0.1, 0.15) is 5.56 Å². The fraction of sp³-hybridized carbons (Fsp3) is 0.250. The van der Waals surface area contributed by atoms with Gasteiger partial charge in [0.1, 0.15) is 13.1 Å². The van der Waals surface area contributed by atoms with E-state index in [1.807, 2.05) is 25.1 Å². The molecule has 2 N–H and O–H groups in total. The molecular weight excluding hydrogens is 234 g/mol. The topological polar surface area (TPSA) is 78.5 Å². The number of hydrogen-bond donors (Lipinski definition) is 2. The number of rotatable bonds is 3. The van der Waals surface area contributed by atoms with Crippen molar-refractivity contribution in [2.24, 2.45) is 0 Å². The molecule has 1 aliphatic rings. The van der Waals surface area contributed by atoms with E-state index in [1.165, 1.54) is 0 Å². The molecule has 0 saturated carbocycles. The summed E-state index contributed by atoms with van der Waals surface area (Å²) < 4.78 is 0. The van der Waals surface area contributed by atoms with E-state index in [1.54, 1.807) is 6.07 Å². The minimum atomic E-state index is -0.528. The normalized spacial score (nSPS) is 14.6. The van der Waals surface area contributed by atoms with Crippen LogP contribution in [0, 0.1) is 6.92 Å². The summed E-state index contributed by atoms with van der Waals surface area (Å²) in [4.78, 5) is 35.0. The molecule has 0 aliphatic carbocycles. The van der Waals surface area contributed by atoms with Crippen molar-refractivity contribution < 1.29 is 14.4 Å². The van der Waals surface area contributed by atoms with Gasteiger partial charge in [-0.05, 0) is 24.6 Å². The molecule has 0 bridgehead atoms. The van der Waals surface area contributed by atoms with Crippen LogP contribution in [0.25, 0.3) is 0 Å². The number of imide groups is 1. The lowest BCUT2D eigenvalue weighted by Gasteiger charge is -2.12. The van der Waals surface area contributed by atoms with E-state index in [2.05, 4.69) is 10.6 Å². The van der Waals surface area contributed by atoms with Crippen molar-refractivity contribution in [1.82, 2.24) is 10.2 Å². The second-order valence-corrected chi connectivity index (χ2v) is 4.13. The van der Waals surface area contributed by atoms with Gasteiger partial charge in [0.2, 0.25) is 11.8 Å². The number of urea groups is 1. The third-order valence-electron chi connectivity index (χ3n) is 2.50. The van der Waals surface area contributed by atoms with E-state index >= 15 is 0 Å². The highest BCUT2D eigenvalue weighted by molar-refractivity contribution is 6.04. The van der Waals surface area contributed by atoms with Gasteiger partial charge in [-0.3, -0.25) is 14.9 Å². The van der Waals surface area contributed by atoms with E-state index in [4.69, 9.17) is 0 Å².